The van der Waals surface area contributed by atoms with Gasteiger partial charge in [-0.3, -0.25) is 24.5 Å². The van der Waals surface area contributed by atoms with Crippen LogP contribution in [0.5, 0.6) is 0 Å². The molecule has 4 rings (SSSR count). The van der Waals surface area contributed by atoms with E-state index in [1.165, 1.54) is 24.3 Å². The molecule has 0 spiro atoms. The second-order valence-corrected chi connectivity index (χ2v) is 8.43. The molecule has 0 radical (unpaired) electrons. The SMILES string of the molecule is Cc1ccccc1N1C(=O)NC(=O)[C@@H](/C=N\NC(=O)c2ccc(NC(=O)c3ccc(Cl)cc3)cc2)C1=O. The Balaban J connectivity index is 1.38. The van der Waals surface area contributed by atoms with Gasteiger partial charge in [0.1, 0.15) is 0 Å². The van der Waals surface area contributed by atoms with E-state index in [-0.39, 0.29) is 11.5 Å². The molecule has 0 aromatic heterocycles. The topological polar surface area (TPSA) is 137 Å². The fourth-order valence-electron chi connectivity index (χ4n) is 3.51. The minimum atomic E-state index is -1.41. The zero-order chi connectivity index (χ0) is 26.5. The zero-order valence-electron chi connectivity index (χ0n) is 19.4. The summed E-state index contributed by atoms with van der Waals surface area (Å²) < 4.78 is 0. The number of carbonyl (C=O) groups excluding carboxylic acids is 5. The number of benzene rings is 3. The van der Waals surface area contributed by atoms with Crippen molar-refractivity contribution in [3.8, 4) is 0 Å². The van der Waals surface area contributed by atoms with Crippen LogP contribution in [-0.2, 0) is 9.59 Å². The molecule has 0 bridgehead atoms. The van der Waals surface area contributed by atoms with Gasteiger partial charge in [0.05, 0.1) is 5.69 Å². The number of imide groups is 2. The molecule has 0 aliphatic carbocycles. The summed E-state index contributed by atoms with van der Waals surface area (Å²) in [4.78, 5) is 63.0. The molecule has 0 unspecified atom stereocenters. The average Bonchev–Trinajstić information content (AvgIpc) is 2.87. The van der Waals surface area contributed by atoms with Crippen LogP contribution in [0, 0.1) is 12.8 Å². The lowest BCUT2D eigenvalue weighted by Gasteiger charge is -2.29. The molecule has 1 fully saturated rings. The Hall–Kier alpha value is -4.83. The summed E-state index contributed by atoms with van der Waals surface area (Å²) >= 11 is 5.83. The number of nitrogens with one attached hydrogen (secondary N) is 3. The van der Waals surface area contributed by atoms with Crippen molar-refractivity contribution in [2.24, 2.45) is 11.0 Å². The highest BCUT2D eigenvalue weighted by Crippen LogP contribution is 2.23. The van der Waals surface area contributed by atoms with E-state index >= 15 is 0 Å². The van der Waals surface area contributed by atoms with Crippen LogP contribution >= 0.6 is 11.6 Å². The van der Waals surface area contributed by atoms with Gasteiger partial charge in [-0.1, -0.05) is 29.8 Å². The maximum absolute atomic E-state index is 12.9. The van der Waals surface area contributed by atoms with Crippen LogP contribution in [0.4, 0.5) is 16.2 Å². The second kappa shape index (κ2) is 10.8. The molecule has 1 saturated heterocycles. The van der Waals surface area contributed by atoms with Gasteiger partial charge in [0, 0.05) is 28.1 Å². The van der Waals surface area contributed by atoms with Crippen molar-refractivity contribution in [2.75, 3.05) is 10.2 Å². The predicted molar refractivity (Wildman–Crippen MR) is 137 cm³/mol. The van der Waals surface area contributed by atoms with Gasteiger partial charge in [-0.2, -0.15) is 5.10 Å². The van der Waals surface area contributed by atoms with Gasteiger partial charge in [-0.15, -0.1) is 0 Å². The van der Waals surface area contributed by atoms with E-state index in [0.717, 1.165) is 11.1 Å². The number of carbonyl (C=O) groups is 5. The van der Waals surface area contributed by atoms with E-state index in [9.17, 15) is 24.0 Å². The molecule has 1 aliphatic heterocycles. The Kier molecular flexibility index (Phi) is 7.40. The molecular formula is C26H20ClN5O5. The summed E-state index contributed by atoms with van der Waals surface area (Å²) in [6.45, 7) is 1.73. The van der Waals surface area contributed by atoms with Crippen molar-refractivity contribution in [2.45, 2.75) is 6.92 Å². The molecule has 3 N–H and O–H groups in total. The number of para-hydroxylation sites is 1. The van der Waals surface area contributed by atoms with E-state index in [1.54, 1.807) is 55.5 Å². The molecule has 37 heavy (non-hydrogen) atoms. The summed E-state index contributed by atoms with van der Waals surface area (Å²) in [5.74, 6) is -4.00. The average molecular weight is 518 g/mol. The van der Waals surface area contributed by atoms with Crippen molar-refractivity contribution in [1.29, 1.82) is 0 Å². The monoisotopic (exact) mass is 517 g/mol. The van der Waals surface area contributed by atoms with Crippen molar-refractivity contribution in [3.05, 3.63) is 94.5 Å². The third-order valence-electron chi connectivity index (χ3n) is 5.46. The Morgan fingerprint density at radius 3 is 2.22 bits per heavy atom. The van der Waals surface area contributed by atoms with E-state index in [4.69, 9.17) is 11.6 Å². The third kappa shape index (κ3) is 5.71. The first-order chi connectivity index (χ1) is 17.7. The van der Waals surface area contributed by atoms with E-state index in [2.05, 4.69) is 21.2 Å². The van der Waals surface area contributed by atoms with Crippen LogP contribution in [0.1, 0.15) is 26.3 Å². The Labute approximate surface area is 216 Å². The van der Waals surface area contributed by atoms with E-state index in [0.29, 0.717) is 27.5 Å². The molecule has 11 heteroatoms. The number of hydrazone groups is 1. The Morgan fingerprint density at radius 1 is 0.919 bits per heavy atom. The normalized spacial score (nSPS) is 15.5. The Bertz CT molecular complexity index is 1420. The number of hydrogen-bond acceptors (Lipinski definition) is 6. The fourth-order valence-corrected chi connectivity index (χ4v) is 3.63. The third-order valence-corrected chi connectivity index (χ3v) is 5.71. The molecule has 1 heterocycles. The van der Waals surface area contributed by atoms with Crippen LogP contribution in [0.25, 0.3) is 0 Å². The van der Waals surface area contributed by atoms with Crippen LogP contribution in [-0.4, -0.2) is 35.9 Å². The number of urea groups is 1. The van der Waals surface area contributed by atoms with Gasteiger partial charge in [0.2, 0.25) is 5.91 Å². The standard InChI is InChI=1S/C26H20ClN5O5/c1-15-4-2-3-5-21(15)32-25(36)20(24(35)30-26(32)37)14-28-31-23(34)17-8-12-19(13-9-17)29-22(33)16-6-10-18(27)11-7-16/h2-14,20H,1H3,(H,29,33)(H,31,34)(H,30,35,37)/b28-14-/t20-/m1/s1. The fraction of sp³-hybridized carbons (Fsp3) is 0.0769. The summed E-state index contributed by atoms with van der Waals surface area (Å²) in [5.41, 5.74) is 4.36. The van der Waals surface area contributed by atoms with Gasteiger partial charge in [0.25, 0.3) is 17.7 Å². The number of barbiturate groups is 1. The van der Waals surface area contributed by atoms with E-state index in [1.807, 2.05) is 0 Å². The lowest BCUT2D eigenvalue weighted by Crippen LogP contribution is -2.59. The van der Waals surface area contributed by atoms with Crippen LogP contribution < -0.4 is 21.0 Å². The lowest BCUT2D eigenvalue weighted by molar-refractivity contribution is -0.131. The number of halogens is 1. The van der Waals surface area contributed by atoms with Crippen LogP contribution in [0.3, 0.4) is 0 Å². The maximum atomic E-state index is 12.9. The van der Waals surface area contributed by atoms with E-state index < -0.39 is 29.7 Å². The number of anilines is 2. The maximum Gasteiger partial charge on any atom is 0.335 e. The van der Waals surface area contributed by atoms with Gasteiger partial charge in [-0.05, 0) is 67.1 Å². The first-order valence-electron chi connectivity index (χ1n) is 11.0. The largest absolute Gasteiger partial charge is 0.335 e. The second-order valence-electron chi connectivity index (χ2n) is 7.99. The molecule has 10 nitrogen and oxygen atoms in total. The molecular weight excluding hydrogens is 498 g/mol. The van der Waals surface area contributed by atoms with Crippen molar-refractivity contribution < 1.29 is 24.0 Å². The molecule has 6 amide bonds. The number of hydrogen-bond donors (Lipinski definition) is 3. The number of amides is 6. The van der Waals surface area contributed by atoms with Gasteiger partial charge >= 0.3 is 6.03 Å². The van der Waals surface area contributed by atoms with Gasteiger partial charge in [0.15, 0.2) is 5.92 Å². The molecule has 3 aromatic carbocycles. The number of aryl methyl sites for hydroxylation is 1. The lowest BCUT2D eigenvalue weighted by atomic mass is 10.0. The summed E-state index contributed by atoms with van der Waals surface area (Å²) in [7, 11) is 0. The summed E-state index contributed by atoms with van der Waals surface area (Å²) in [6, 6.07) is 18.3. The van der Waals surface area contributed by atoms with Crippen molar-refractivity contribution >= 4 is 58.9 Å². The smallest absolute Gasteiger partial charge is 0.322 e. The predicted octanol–water partition coefficient (Wildman–Crippen LogP) is 3.52. The highest BCUT2D eigenvalue weighted by molar-refractivity contribution is 6.32. The zero-order valence-corrected chi connectivity index (χ0v) is 20.2. The summed E-state index contributed by atoms with van der Waals surface area (Å²) in [5, 5.41) is 9.09. The Morgan fingerprint density at radius 2 is 1.54 bits per heavy atom. The van der Waals surface area contributed by atoms with Crippen molar-refractivity contribution in [3.63, 3.8) is 0 Å². The van der Waals surface area contributed by atoms with Crippen LogP contribution in [0.15, 0.2) is 77.9 Å². The highest BCUT2D eigenvalue weighted by Gasteiger charge is 2.41. The summed E-state index contributed by atoms with van der Waals surface area (Å²) in [6.07, 6.45) is 0.966. The number of rotatable bonds is 6. The molecule has 3 aromatic rings. The molecule has 1 aliphatic rings. The van der Waals surface area contributed by atoms with Gasteiger partial charge < -0.3 is 5.32 Å². The number of nitrogens with zero attached hydrogens (tertiary/aromatic N) is 2. The van der Waals surface area contributed by atoms with Gasteiger partial charge in [-0.25, -0.2) is 15.1 Å². The first kappa shape index (κ1) is 25.3. The first-order valence-corrected chi connectivity index (χ1v) is 11.4. The molecule has 186 valence electrons. The molecule has 0 saturated carbocycles. The highest BCUT2D eigenvalue weighted by atomic mass is 35.5. The van der Waals surface area contributed by atoms with Crippen LogP contribution in [0.2, 0.25) is 5.02 Å². The minimum Gasteiger partial charge on any atom is -0.322 e. The molecule has 1 atom stereocenters. The van der Waals surface area contributed by atoms with Crippen molar-refractivity contribution in [1.82, 2.24) is 10.7 Å². The minimum absolute atomic E-state index is 0.220. The quantitative estimate of drug-likeness (QED) is 0.261.